The molecule has 0 saturated heterocycles. The number of rotatable bonds is 11. The second kappa shape index (κ2) is 12.7. The number of methoxy groups -OCH3 is 3. The van der Waals surface area contributed by atoms with Crippen LogP contribution >= 0.6 is 0 Å². The van der Waals surface area contributed by atoms with Gasteiger partial charge in [-0.2, -0.15) is 0 Å². The van der Waals surface area contributed by atoms with Gasteiger partial charge >= 0.3 is 249 Å². The van der Waals surface area contributed by atoms with Crippen molar-refractivity contribution < 1.29 is 28.7 Å². The summed E-state index contributed by atoms with van der Waals surface area (Å²) in [6.45, 7) is 0.433. The SMILES string of the molecule is COc1cc(-c2[se]c(C(=O)c3cccc([N+](=O)[O-])c3)nc2-c2ccc(OCc3ccccc3)cc2)cc(OC)c1OC. The summed E-state index contributed by atoms with van der Waals surface area (Å²) in [6.07, 6.45) is 0. The molecule has 9 nitrogen and oxygen atoms in total. The Kier molecular flexibility index (Phi) is 8.66. The molecule has 0 spiro atoms. The summed E-state index contributed by atoms with van der Waals surface area (Å²) in [5.41, 5.74) is 3.27. The maximum atomic E-state index is 13.5. The normalized spacial score (nSPS) is 10.6. The minimum absolute atomic E-state index is 0.156. The van der Waals surface area contributed by atoms with E-state index in [4.69, 9.17) is 23.9 Å². The Morgan fingerprint density at radius 2 is 1.52 bits per heavy atom. The first-order chi connectivity index (χ1) is 20.4. The van der Waals surface area contributed by atoms with E-state index in [0.29, 0.717) is 39.9 Å². The number of nitro groups is 1. The number of nitro benzene ring substituents is 1. The third-order valence-corrected chi connectivity index (χ3v) is 8.76. The molecule has 5 aromatic rings. The molecule has 5 rings (SSSR count). The third-order valence-electron chi connectivity index (χ3n) is 6.44. The fourth-order valence-electron chi connectivity index (χ4n) is 4.35. The van der Waals surface area contributed by atoms with Gasteiger partial charge in [0.25, 0.3) is 0 Å². The van der Waals surface area contributed by atoms with Gasteiger partial charge in [0.05, 0.1) is 0 Å². The second-order valence-electron chi connectivity index (χ2n) is 9.05. The molecule has 1 aromatic heterocycles. The third kappa shape index (κ3) is 6.05. The topological polar surface area (TPSA) is 110 Å². The molecule has 0 unspecified atom stereocenters. The van der Waals surface area contributed by atoms with Crippen molar-refractivity contribution in [3.8, 4) is 44.3 Å². The van der Waals surface area contributed by atoms with Crippen molar-refractivity contribution in [1.29, 1.82) is 0 Å². The van der Waals surface area contributed by atoms with Gasteiger partial charge in [0.1, 0.15) is 0 Å². The summed E-state index contributed by atoms with van der Waals surface area (Å²) in [7, 11) is 4.61. The van der Waals surface area contributed by atoms with Gasteiger partial charge in [-0.1, -0.05) is 0 Å². The van der Waals surface area contributed by atoms with E-state index in [1.165, 1.54) is 39.5 Å². The molecule has 0 fully saturated rings. The van der Waals surface area contributed by atoms with Crippen molar-refractivity contribution in [3.63, 3.8) is 0 Å². The van der Waals surface area contributed by atoms with Crippen LogP contribution in [0.3, 0.4) is 0 Å². The Morgan fingerprint density at radius 3 is 2.14 bits per heavy atom. The van der Waals surface area contributed by atoms with Crippen LogP contribution in [-0.4, -0.2) is 51.5 Å². The van der Waals surface area contributed by atoms with E-state index >= 15 is 0 Å². The Labute approximate surface area is 248 Å². The van der Waals surface area contributed by atoms with Gasteiger partial charge in [-0.3, -0.25) is 0 Å². The number of carbonyl (C=O) groups is 1. The number of benzene rings is 4. The second-order valence-corrected chi connectivity index (χ2v) is 11.1. The molecule has 1 heterocycles. The van der Waals surface area contributed by atoms with E-state index in [-0.39, 0.29) is 17.0 Å². The molecular weight excluding hydrogens is 603 g/mol. The molecule has 0 radical (unpaired) electrons. The van der Waals surface area contributed by atoms with Crippen LogP contribution < -0.4 is 18.9 Å². The molecule has 0 aliphatic heterocycles. The first kappa shape index (κ1) is 28.6. The van der Waals surface area contributed by atoms with Crippen LogP contribution in [0.2, 0.25) is 0 Å². The summed E-state index contributed by atoms with van der Waals surface area (Å²) in [5, 5.41) is 11.3. The summed E-state index contributed by atoms with van der Waals surface area (Å²) in [4.78, 5) is 29.1. The first-order valence-electron chi connectivity index (χ1n) is 12.8. The quantitative estimate of drug-likeness (QED) is 0.0734. The monoisotopic (exact) mass is 630 g/mol. The van der Waals surface area contributed by atoms with Crippen molar-refractivity contribution in [2.45, 2.75) is 6.61 Å². The van der Waals surface area contributed by atoms with Crippen molar-refractivity contribution >= 4 is 26.0 Å². The van der Waals surface area contributed by atoms with Crippen molar-refractivity contribution in [3.05, 3.63) is 117 Å². The average Bonchev–Trinajstić information content (AvgIpc) is 3.49. The Balaban J connectivity index is 1.57. The molecule has 212 valence electrons. The van der Waals surface area contributed by atoms with Crippen LogP contribution in [0.15, 0.2) is 91.0 Å². The van der Waals surface area contributed by atoms with Crippen LogP contribution in [0.25, 0.3) is 21.3 Å². The predicted molar refractivity (Wildman–Crippen MR) is 159 cm³/mol. The molecule has 0 N–H and O–H groups in total. The molecule has 4 aromatic carbocycles. The van der Waals surface area contributed by atoms with E-state index in [1.54, 1.807) is 6.07 Å². The minimum atomic E-state index is -0.538. The zero-order valence-corrected chi connectivity index (χ0v) is 24.7. The van der Waals surface area contributed by atoms with E-state index in [1.807, 2.05) is 66.7 Å². The van der Waals surface area contributed by atoms with E-state index in [2.05, 4.69) is 0 Å². The van der Waals surface area contributed by atoms with Crippen LogP contribution in [0.5, 0.6) is 23.0 Å². The molecule has 42 heavy (non-hydrogen) atoms. The molecular formula is C32H26N2O7Se. The number of carbonyl (C=O) groups excluding carboxylic acids is 1. The fourth-order valence-corrected chi connectivity index (χ4v) is 6.53. The van der Waals surface area contributed by atoms with Gasteiger partial charge in [-0.05, 0) is 0 Å². The number of ketones is 1. The Hall–Kier alpha value is -4.92. The van der Waals surface area contributed by atoms with Gasteiger partial charge in [0.15, 0.2) is 0 Å². The van der Waals surface area contributed by atoms with Gasteiger partial charge in [0.2, 0.25) is 0 Å². The van der Waals surface area contributed by atoms with E-state index in [0.717, 1.165) is 21.1 Å². The summed E-state index contributed by atoms with van der Waals surface area (Å²) < 4.78 is 23.7. The molecule has 0 aliphatic rings. The summed E-state index contributed by atoms with van der Waals surface area (Å²) >= 11 is -0.538. The number of non-ortho nitro benzene ring substituents is 1. The van der Waals surface area contributed by atoms with Crippen molar-refractivity contribution in [2.24, 2.45) is 0 Å². The number of hydrogen-bond donors (Lipinski definition) is 0. The van der Waals surface area contributed by atoms with Crippen molar-refractivity contribution in [1.82, 2.24) is 4.98 Å². The standard InChI is InChI=1S/C32H26N2O7Se/c1-38-26-17-23(18-27(39-2)30(26)40-3)31-28(21-12-14-25(15-13-21)41-19-20-8-5-4-6-9-20)33-32(42-31)29(35)22-10-7-11-24(16-22)34(36)37/h4-18H,19H2,1-3H3. The molecule has 0 saturated carbocycles. The maximum absolute atomic E-state index is 13.5. The van der Waals surface area contributed by atoms with Gasteiger partial charge in [-0.15, -0.1) is 0 Å². The van der Waals surface area contributed by atoms with Gasteiger partial charge in [0, 0.05) is 0 Å². The van der Waals surface area contributed by atoms with Crippen LogP contribution in [0.4, 0.5) is 5.69 Å². The Morgan fingerprint density at radius 1 is 0.833 bits per heavy atom. The zero-order chi connectivity index (χ0) is 29.6. The first-order valence-corrected chi connectivity index (χ1v) is 14.5. The number of ether oxygens (including phenoxy) is 4. The van der Waals surface area contributed by atoms with Crippen LogP contribution in [0.1, 0.15) is 20.5 Å². The van der Waals surface area contributed by atoms with Crippen molar-refractivity contribution in [2.75, 3.05) is 21.3 Å². The van der Waals surface area contributed by atoms with Crippen LogP contribution in [-0.2, 0) is 6.61 Å². The van der Waals surface area contributed by atoms with Gasteiger partial charge < -0.3 is 0 Å². The molecule has 0 atom stereocenters. The predicted octanol–water partition coefficient (Wildman–Crippen LogP) is 6.22. The zero-order valence-electron chi connectivity index (χ0n) is 23.0. The molecule has 10 heteroatoms. The van der Waals surface area contributed by atoms with E-state index in [9.17, 15) is 14.9 Å². The average molecular weight is 630 g/mol. The summed E-state index contributed by atoms with van der Waals surface area (Å²) in [5.74, 6) is 1.72. The van der Waals surface area contributed by atoms with E-state index < -0.39 is 19.4 Å². The van der Waals surface area contributed by atoms with Crippen LogP contribution in [0, 0.1) is 10.1 Å². The van der Waals surface area contributed by atoms with Gasteiger partial charge in [-0.25, -0.2) is 0 Å². The number of nitrogens with zero attached hydrogens (tertiary/aromatic N) is 2. The number of hydrogen-bond acceptors (Lipinski definition) is 8. The molecule has 0 bridgehead atoms. The number of aromatic nitrogens is 1. The summed E-state index contributed by atoms with van der Waals surface area (Å²) in [6, 6.07) is 26.7. The molecule has 0 amide bonds. The molecule has 0 aliphatic carbocycles. The fraction of sp³-hybridized carbons (Fsp3) is 0.125. The Bertz CT molecular complexity index is 1710.